The SMILES string of the molecule is CCC(C)c1c(F)cc(C)c(F)c1F. The predicted octanol–water partition coefficient (Wildman–Crippen LogP) is 3.93. The number of benzene rings is 1. The van der Waals surface area contributed by atoms with Gasteiger partial charge in [-0.15, -0.1) is 0 Å². The van der Waals surface area contributed by atoms with Crippen LogP contribution in [0.4, 0.5) is 13.2 Å². The van der Waals surface area contributed by atoms with Crippen LogP contribution in [-0.4, -0.2) is 0 Å². The fourth-order valence-electron chi connectivity index (χ4n) is 1.38. The maximum absolute atomic E-state index is 13.3. The van der Waals surface area contributed by atoms with Crippen molar-refractivity contribution in [3.63, 3.8) is 0 Å². The highest BCUT2D eigenvalue weighted by Crippen LogP contribution is 2.27. The van der Waals surface area contributed by atoms with Crippen LogP contribution in [0.3, 0.4) is 0 Å². The monoisotopic (exact) mass is 202 g/mol. The first kappa shape index (κ1) is 11.1. The summed E-state index contributed by atoms with van der Waals surface area (Å²) in [5.41, 5.74) is -0.136. The molecule has 3 heteroatoms. The van der Waals surface area contributed by atoms with Gasteiger partial charge in [0.05, 0.1) is 0 Å². The fourth-order valence-corrected chi connectivity index (χ4v) is 1.38. The van der Waals surface area contributed by atoms with Gasteiger partial charge in [0.1, 0.15) is 5.82 Å². The van der Waals surface area contributed by atoms with E-state index in [4.69, 9.17) is 0 Å². The third kappa shape index (κ3) is 1.76. The molecule has 0 aliphatic heterocycles. The van der Waals surface area contributed by atoms with Crippen molar-refractivity contribution in [2.24, 2.45) is 0 Å². The van der Waals surface area contributed by atoms with E-state index in [9.17, 15) is 13.2 Å². The van der Waals surface area contributed by atoms with Crippen LogP contribution in [-0.2, 0) is 0 Å². The van der Waals surface area contributed by atoms with Crippen LogP contribution in [0, 0.1) is 24.4 Å². The molecule has 0 bridgehead atoms. The summed E-state index contributed by atoms with van der Waals surface area (Å²) in [5.74, 6) is -2.94. The normalized spacial score (nSPS) is 13.0. The molecule has 1 atom stereocenters. The Morgan fingerprint density at radius 3 is 2.29 bits per heavy atom. The zero-order chi connectivity index (χ0) is 10.9. The number of halogens is 3. The van der Waals surface area contributed by atoms with E-state index in [1.165, 1.54) is 6.92 Å². The Labute approximate surface area is 81.8 Å². The molecule has 78 valence electrons. The lowest BCUT2D eigenvalue weighted by atomic mass is 9.96. The van der Waals surface area contributed by atoms with Gasteiger partial charge in [-0.3, -0.25) is 0 Å². The maximum atomic E-state index is 13.3. The third-order valence-corrected chi connectivity index (χ3v) is 2.48. The molecule has 0 spiro atoms. The average molecular weight is 202 g/mol. The maximum Gasteiger partial charge on any atom is 0.165 e. The van der Waals surface area contributed by atoms with Crippen molar-refractivity contribution in [2.75, 3.05) is 0 Å². The van der Waals surface area contributed by atoms with Crippen molar-refractivity contribution in [1.82, 2.24) is 0 Å². The molecular formula is C11H13F3. The molecule has 0 radical (unpaired) electrons. The van der Waals surface area contributed by atoms with Gasteiger partial charge in [0, 0.05) is 5.56 Å². The summed E-state index contributed by atoms with van der Waals surface area (Å²) in [5, 5.41) is 0. The van der Waals surface area contributed by atoms with Gasteiger partial charge in [0.2, 0.25) is 0 Å². The molecule has 1 unspecified atom stereocenters. The van der Waals surface area contributed by atoms with Crippen LogP contribution >= 0.6 is 0 Å². The Morgan fingerprint density at radius 2 is 1.79 bits per heavy atom. The smallest absolute Gasteiger partial charge is 0.165 e. The minimum Gasteiger partial charge on any atom is -0.207 e. The van der Waals surface area contributed by atoms with Crippen LogP contribution in [0.25, 0.3) is 0 Å². The molecular weight excluding hydrogens is 189 g/mol. The molecule has 0 nitrogen and oxygen atoms in total. The van der Waals surface area contributed by atoms with E-state index in [0.29, 0.717) is 6.42 Å². The molecule has 0 heterocycles. The molecule has 0 saturated carbocycles. The topological polar surface area (TPSA) is 0 Å². The van der Waals surface area contributed by atoms with Crippen LogP contribution in [0.15, 0.2) is 6.07 Å². The highest BCUT2D eigenvalue weighted by Gasteiger charge is 2.20. The average Bonchev–Trinajstić information content (AvgIpc) is 2.14. The van der Waals surface area contributed by atoms with Crippen LogP contribution < -0.4 is 0 Å². The van der Waals surface area contributed by atoms with Gasteiger partial charge >= 0.3 is 0 Å². The Hall–Kier alpha value is -0.990. The van der Waals surface area contributed by atoms with Crippen molar-refractivity contribution in [3.8, 4) is 0 Å². The Balaban J connectivity index is 3.36. The van der Waals surface area contributed by atoms with Gasteiger partial charge in [-0.2, -0.15) is 0 Å². The lowest BCUT2D eigenvalue weighted by Gasteiger charge is -2.13. The summed E-state index contributed by atoms with van der Waals surface area (Å²) in [6, 6.07) is 1.04. The summed E-state index contributed by atoms with van der Waals surface area (Å²) in [6.07, 6.45) is 0.580. The van der Waals surface area contributed by atoms with E-state index in [1.54, 1.807) is 13.8 Å². The number of hydrogen-bond donors (Lipinski definition) is 0. The molecule has 1 aromatic rings. The van der Waals surface area contributed by atoms with Gasteiger partial charge in [-0.25, -0.2) is 13.2 Å². The van der Waals surface area contributed by atoms with Gasteiger partial charge < -0.3 is 0 Å². The highest BCUT2D eigenvalue weighted by atomic mass is 19.2. The van der Waals surface area contributed by atoms with Crippen LogP contribution in [0.1, 0.15) is 37.3 Å². The third-order valence-electron chi connectivity index (χ3n) is 2.48. The summed E-state index contributed by atoms with van der Waals surface area (Å²) in [6.45, 7) is 4.83. The first-order valence-electron chi connectivity index (χ1n) is 4.63. The molecule has 0 aliphatic carbocycles. The van der Waals surface area contributed by atoms with Crippen molar-refractivity contribution >= 4 is 0 Å². The van der Waals surface area contributed by atoms with Crippen molar-refractivity contribution in [3.05, 3.63) is 34.6 Å². The van der Waals surface area contributed by atoms with E-state index in [2.05, 4.69) is 0 Å². The molecule has 0 aliphatic rings. The standard InChI is InChI=1S/C11H13F3/c1-4-6(2)9-8(12)5-7(3)10(13)11(9)14/h5-6H,4H2,1-3H3. The van der Waals surface area contributed by atoms with Crippen LogP contribution in [0.5, 0.6) is 0 Å². The molecule has 0 N–H and O–H groups in total. The first-order chi connectivity index (χ1) is 6.49. The quantitative estimate of drug-likeness (QED) is 0.637. The number of aryl methyl sites for hydroxylation is 1. The first-order valence-corrected chi connectivity index (χ1v) is 4.63. The minimum atomic E-state index is -1.04. The number of rotatable bonds is 2. The van der Waals surface area contributed by atoms with Gasteiger partial charge in [0.15, 0.2) is 11.6 Å². The zero-order valence-corrected chi connectivity index (χ0v) is 8.50. The van der Waals surface area contributed by atoms with E-state index in [-0.39, 0.29) is 17.0 Å². The van der Waals surface area contributed by atoms with Gasteiger partial charge in [0.25, 0.3) is 0 Å². The molecule has 0 amide bonds. The van der Waals surface area contributed by atoms with E-state index < -0.39 is 17.5 Å². The van der Waals surface area contributed by atoms with Crippen molar-refractivity contribution in [2.45, 2.75) is 33.1 Å². The fraction of sp³-hybridized carbons (Fsp3) is 0.455. The second-order valence-electron chi connectivity index (χ2n) is 3.53. The molecule has 14 heavy (non-hydrogen) atoms. The second kappa shape index (κ2) is 4.03. The van der Waals surface area contributed by atoms with Crippen LogP contribution in [0.2, 0.25) is 0 Å². The molecule has 0 saturated heterocycles. The lowest BCUT2D eigenvalue weighted by molar-refractivity contribution is 0.461. The Kier molecular flexibility index (Phi) is 3.19. The lowest BCUT2D eigenvalue weighted by Crippen LogP contribution is -2.04. The summed E-state index contributed by atoms with van der Waals surface area (Å²) in [4.78, 5) is 0. The largest absolute Gasteiger partial charge is 0.207 e. The van der Waals surface area contributed by atoms with Crippen molar-refractivity contribution < 1.29 is 13.2 Å². The second-order valence-corrected chi connectivity index (χ2v) is 3.53. The zero-order valence-electron chi connectivity index (χ0n) is 8.50. The number of hydrogen-bond acceptors (Lipinski definition) is 0. The summed E-state index contributed by atoms with van der Waals surface area (Å²) >= 11 is 0. The van der Waals surface area contributed by atoms with E-state index in [0.717, 1.165) is 6.07 Å². The van der Waals surface area contributed by atoms with Crippen molar-refractivity contribution in [1.29, 1.82) is 0 Å². The molecule has 1 rings (SSSR count). The molecule has 0 aromatic heterocycles. The van der Waals surface area contributed by atoms with E-state index >= 15 is 0 Å². The van der Waals surface area contributed by atoms with Gasteiger partial charge in [-0.05, 0) is 30.9 Å². The Bertz CT molecular complexity index is 345. The summed E-state index contributed by atoms with van der Waals surface area (Å²) < 4.78 is 39.8. The molecule has 1 aromatic carbocycles. The minimum absolute atomic E-state index is 0.00653. The molecule has 0 fully saturated rings. The van der Waals surface area contributed by atoms with Gasteiger partial charge in [-0.1, -0.05) is 13.8 Å². The highest BCUT2D eigenvalue weighted by molar-refractivity contribution is 5.29. The Morgan fingerprint density at radius 1 is 1.21 bits per heavy atom. The predicted molar refractivity (Wildman–Crippen MR) is 49.8 cm³/mol. The van der Waals surface area contributed by atoms with E-state index in [1.807, 2.05) is 0 Å². The summed E-state index contributed by atoms with van der Waals surface area (Å²) in [7, 11) is 0.